The zero-order valence-electron chi connectivity index (χ0n) is 8.01. The van der Waals surface area contributed by atoms with Gasteiger partial charge in [-0.15, -0.1) is 0 Å². The molecule has 0 saturated carbocycles. The Bertz CT molecular complexity index is 435. The highest BCUT2D eigenvalue weighted by Gasteiger charge is 2.17. The van der Waals surface area contributed by atoms with E-state index in [-0.39, 0.29) is 16.7 Å². The maximum Gasteiger partial charge on any atom is 0.241 e. The summed E-state index contributed by atoms with van der Waals surface area (Å²) in [6.07, 6.45) is 1.31. The van der Waals surface area contributed by atoms with Crippen molar-refractivity contribution in [3.8, 4) is 0 Å². The lowest BCUT2D eigenvalue weighted by molar-refractivity contribution is 0.265. The number of nitrogens with zero attached hydrogens (tertiary/aromatic N) is 1. The van der Waals surface area contributed by atoms with Crippen LogP contribution in [-0.2, 0) is 10.0 Å². The van der Waals surface area contributed by atoms with Gasteiger partial charge in [0, 0.05) is 12.2 Å². The summed E-state index contributed by atoms with van der Waals surface area (Å²) >= 11 is 5.57. The Morgan fingerprint density at radius 1 is 1.67 bits per heavy atom. The van der Waals surface area contributed by atoms with E-state index in [4.69, 9.17) is 16.7 Å². The number of halogens is 1. The van der Waals surface area contributed by atoms with Crippen LogP contribution in [0, 0.1) is 0 Å². The third-order valence-electron chi connectivity index (χ3n) is 1.64. The highest BCUT2D eigenvalue weighted by molar-refractivity contribution is 7.89. The number of hydrogen-bond donors (Lipinski definition) is 2. The van der Waals surface area contributed by atoms with E-state index < -0.39 is 16.1 Å². The van der Waals surface area contributed by atoms with Crippen molar-refractivity contribution in [3.05, 3.63) is 23.5 Å². The topological polar surface area (TPSA) is 79.3 Å². The molecule has 0 amide bonds. The van der Waals surface area contributed by atoms with Crippen LogP contribution in [0.1, 0.15) is 6.92 Å². The smallest absolute Gasteiger partial charge is 0.241 e. The van der Waals surface area contributed by atoms with Gasteiger partial charge in [-0.05, 0) is 19.1 Å². The number of hydrogen-bond acceptors (Lipinski definition) is 4. The van der Waals surface area contributed by atoms with E-state index in [1.54, 1.807) is 6.92 Å². The molecule has 1 aromatic rings. The normalized spacial score (nSPS) is 13.8. The number of nitrogens with one attached hydrogen (secondary N) is 1. The van der Waals surface area contributed by atoms with Crippen molar-refractivity contribution in [1.82, 2.24) is 9.71 Å². The van der Waals surface area contributed by atoms with Crippen LogP contribution in [0.5, 0.6) is 0 Å². The second kappa shape index (κ2) is 4.89. The van der Waals surface area contributed by atoms with Gasteiger partial charge in [-0.2, -0.15) is 0 Å². The highest BCUT2D eigenvalue weighted by Crippen LogP contribution is 2.12. The number of aromatic nitrogens is 1. The molecule has 0 spiro atoms. The first-order valence-electron chi connectivity index (χ1n) is 4.20. The standard InChI is InChI=1S/C8H11ClN2O3S/c1-6(5-12)11-15(13,14)7-2-3-10-8(9)4-7/h2-4,6,11-12H,5H2,1H3. The monoisotopic (exact) mass is 250 g/mol. The van der Waals surface area contributed by atoms with Crippen LogP contribution in [0.4, 0.5) is 0 Å². The predicted molar refractivity (Wildman–Crippen MR) is 56.1 cm³/mol. The molecule has 0 saturated heterocycles. The van der Waals surface area contributed by atoms with E-state index in [0.717, 1.165) is 0 Å². The Kier molecular flexibility index (Phi) is 4.04. The summed E-state index contributed by atoms with van der Waals surface area (Å²) in [5.74, 6) is 0. The van der Waals surface area contributed by atoms with Crippen LogP contribution in [-0.4, -0.2) is 31.2 Å². The van der Waals surface area contributed by atoms with Gasteiger partial charge in [0.05, 0.1) is 11.5 Å². The van der Waals surface area contributed by atoms with Crippen LogP contribution in [0.2, 0.25) is 5.15 Å². The second-order valence-corrected chi connectivity index (χ2v) is 5.12. The molecule has 0 radical (unpaired) electrons. The van der Waals surface area contributed by atoms with Crippen LogP contribution in [0.3, 0.4) is 0 Å². The summed E-state index contributed by atoms with van der Waals surface area (Å²) in [4.78, 5) is 3.71. The number of aliphatic hydroxyl groups excluding tert-OH is 1. The van der Waals surface area contributed by atoms with Crippen molar-refractivity contribution < 1.29 is 13.5 Å². The summed E-state index contributed by atoms with van der Waals surface area (Å²) in [6.45, 7) is 1.29. The molecule has 0 aliphatic heterocycles. The zero-order chi connectivity index (χ0) is 11.5. The van der Waals surface area contributed by atoms with Gasteiger partial charge in [0.1, 0.15) is 5.15 Å². The van der Waals surface area contributed by atoms with E-state index >= 15 is 0 Å². The average molecular weight is 251 g/mol. The molecule has 1 atom stereocenters. The second-order valence-electron chi connectivity index (χ2n) is 3.02. The quantitative estimate of drug-likeness (QED) is 0.758. The maximum atomic E-state index is 11.6. The van der Waals surface area contributed by atoms with E-state index in [9.17, 15) is 8.42 Å². The molecule has 5 nitrogen and oxygen atoms in total. The fraction of sp³-hybridized carbons (Fsp3) is 0.375. The number of aliphatic hydroxyl groups is 1. The molecule has 15 heavy (non-hydrogen) atoms. The number of sulfonamides is 1. The lowest BCUT2D eigenvalue weighted by atomic mass is 10.4. The molecule has 0 aliphatic carbocycles. The van der Waals surface area contributed by atoms with E-state index in [0.29, 0.717) is 0 Å². The molecule has 84 valence electrons. The third-order valence-corrected chi connectivity index (χ3v) is 3.43. The first-order valence-corrected chi connectivity index (χ1v) is 6.06. The van der Waals surface area contributed by atoms with Gasteiger partial charge in [-0.3, -0.25) is 0 Å². The van der Waals surface area contributed by atoms with Gasteiger partial charge < -0.3 is 5.11 Å². The van der Waals surface area contributed by atoms with Gasteiger partial charge in [0.2, 0.25) is 10.0 Å². The Morgan fingerprint density at radius 3 is 2.87 bits per heavy atom. The molecule has 0 bridgehead atoms. The largest absolute Gasteiger partial charge is 0.395 e. The number of pyridine rings is 1. The van der Waals surface area contributed by atoms with Crippen molar-refractivity contribution in [2.75, 3.05) is 6.61 Å². The average Bonchev–Trinajstić information content (AvgIpc) is 2.17. The van der Waals surface area contributed by atoms with Crippen LogP contribution < -0.4 is 4.72 Å². The van der Waals surface area contributed by atoms with Gasteiger partial charge >= 0.3 is 0 Å². The van der Waals surface area contributed by atoms with Crippen LogP contribution in [0.15, 0.2) is 23.2 Å². The van der Waals surface area contributed by atoms with E-state index in [1.165, 1.54) is 18.3 Å². The summed E-state index contributed by atoms with van der Waals surface area (Å²) in [5, 5.41) is 8.84. The molecular weight excluding hydrogens is 240 g/mol. The Labute approximate surface area is 93.2 Å². The molecule has 1 heterocycles. The fourth-order valence-corrected chi connectivity index (χ4v) is 2.41. The molecule has 0 fully saturated rings. The highest BCUT2D eigenvalue weighted by atomic mass is 35.5. The van der Waals surface area contributed by atoms with Gasteiger partial charge in [0.25, 0.3) is 0 Å². The fourth-order valence-electron chi connectivity index (χ4n) is 0.922. The van der Waals surface area contributed by atoms with Crippen molar-refractivity contribution in [2.24, 2.45) is 0 Å². The molecule has 0 aliphatic rings. The van der Waals surface area contributed by atoms with Gasteiger partial charge in [-0.25, -0.2) is 18.1 Å². The Balaban J connectivity index is 2.96. The Hall–Kier alpha value is -0.690. The minimum atomic E-state index is -3.63. The zero-order valence-corrected chi connectivity index (χ0v) is 9.59. The molecule has 2 N–H and O–H groups in total. The molecule has 1 aromatic heterocycles. The first-order chi connectivity index (χ1) is 6.95. The summed E-state index contributed by atoms with van der Waals surface area (Å²) < 4.78 is 25.6. The minimum Gasteiger partial charge on any atom is -0.395 e. The van der Waals surface area contributed by atoms with Crippen molar-refractivity contribution in [2.45, 2.75) is 17.9 Å². The number of rotatable bonds is 4. The minimum absolute atomic E-state index is 0.0304. The van der Waals surface area contributed by atoms with E-state index in [2.05, 4.69) is 9.71 Å². The maximum absolute atomic E-state index is 11.6. The van der Waals surface area contributed by atoms with Gasteiger partial charge in [0.15, 0.2) is 0 Å². The van der Waals surface area contributed by atoms with Crippen molar-refractivity contribution >= 4 is 21.6 Å². The van der Waals surface area contributed by atoms with Crippen molar-refractivity contribution in [1.29, 1.82) is 0 Å². The molecule has 1 unspecified atom stereocenters. The molecule has 1 rings (SSSR count). The lowest BCUT2D eigenvalue weighted by Gasteiger charge is -2.11. The SMILES string of the molecule is CC(CO)NS(=O)(=O)c1ccnc(Cl)c1. The molecule has 0 aromatic carbocycles. The lowest BCUT2D eigenvalue weighted by Crippen LogP contribution is -2.34. The summed E-state index contributed by atoms with van der Waals surface area (Å²) in [5.41, 5.74) is 0. The first kappa shape index (κ1) is 12.4. The summed E-state index contributed by atoms with van der Waals surface area (Å²) in [7, 11) is -3.63. The van der Waals surface area contributed by atoms with E-state index in [1.807, 2.05) is 0 Å². The van der Waals surface area contributed by atoms with Gasteiger partial charge in [-0.1, -0.05) is 11.6 Å². The summed E-state index contributed by atoms with van der Waals surface area (Å²) in [6, 6.07) is 2.04. The molecule has 7 heteroatoms. The molecular formula is C8H11ClN2O3S. The predicted octanol–water partition coefficient (Wildman–Crippen LogP) is 0.394. The Morgan fingerprint density at radius 2 is 2.33 bits per heavy atom. The van der Waals surface area contributed by atoms with Crippen LogP contribution in [0.25, 0.3) is 0 Å². The van der Waals surface area contributed by atoms with Crippen LogP contribution >= 0.6 is 11.6 Å². The third kappa shape index (κ3) is 3.42. The van der Waals surface area contributed by atoms with Crippen molar-refractivity contribution in [3.63, 3.8) is 0 Å².